The van der Waals surface area contributed by atoms with Gasteiger partial charge in [0.2, 0.25) is 10.0 Å². The fourth-order valence-corrected chi connectivity index (χ4v) is 4.36. The van der Waals surface area contributed by atoms with Crippen molar-refractivity contribution in [3.63, 3.8) is 0 Å². The highest BCUT2D eigenvalue weighted by Crippen LogP contribution is 2.24. The molecule has 0 spiro atoms. The molecule has 0 aliphatic carbocycles. The van der Waals surface area contributed by atoms with Crippen molar-refractivity contribution in [2.75, 3.05) is 6.54 Å². The molecule has 0 amide bonds. The van der Waals surface area contributed by atoms with E-state index >= 15 is 0 Å². The highest BCUT2D eigenvalue weighted by molar-refractivity contribution is 7.89. The predicted molar refractivity (Wildman–Crippen MR) is 107 cm³/mol. The van der Waals surface area contributed by atoms with Gasteiger partial charge < -0.3 is 4.74 Å². The Kier molecular flexibility index (Phi) is 6.74. The van der Waals surface area contributed by atoms with E-state index in [9.17, 15) is 18.0 Å². The molecule has 2 aromatic rings. The largest absolute Gasteiger partial charge is 0.457 e. The molecule has 0 aliphatic rings. The summed E-state index contributed by atoms with van der Waals surface area (Å²) in [6.45, 7) is 9.06. The van der Waals surface area contributed by atoms with Crippen LogP contribution in [0.15, 0.2) is 35.2 Å². The second kappa shape index (κ2) is 8.67. The number of carbonyl (C=O) groups is 2. The Balaban J connectivity index is 2.27. The average Bonchev–Trinajstić information content (AvgIpc) is 2.60. The number of nitrogens with one attached hydrogen (secondary N) is 1. The lowest BCUT2D eigenvalue weighted by Crippen LogP contribution is -2.23. The third kappa shape index (κ3) is 4.66. The van der Waals surface area contributed by atoms with E-state index in [4.69, 9.17) is 4.74 Å². The van der Waals surface area contributed by atoms with Gasteiger partial charge in [-0.05, 0) is 68.1 Å². The molecular formula is C21H25NO5S. The highest BCUT2D eigenvalue weighted by atomic mass is 32.2. The van der Waals surface area contributed by atoms with Crippen LogP contribution in [0.2, 0.25) is 0 Å². The van der Waals surface area contributed by atoms with E-state index in [1.807, 2.05) is 26.8 Å². The summed E-state index contributed by atoms with van der Waals surface area (Å²) in [4.78, 5) is 24.4. The van der Waals surface area contributed by atoms with Crippen LogP contribution in [0.25, 0.3) is 0 Å². The second-order valence-electron chi connectivity index (χ2n) is 6.65. The van der Waals surface area contributed by atoms with Gasteiger partial charge >= 0.3 is 5.97 Å². The van der Waals surface area contributed by atoms with Gasteiger partial charge in [0.25, 0.3) is 0 Å². The maximum atomic E-state index is 12.5. The minimum absolute atomic E-state index is 0.00124. The van der Waals surface area contributed by atoms with E-state index in [-0.39, 0.29) is 29.4 Å². The number of hydrogen-bond donors (Lipinski definition) is 1. The van der Waals surface area contributed by atoms with Gasteiger partial charge in [0.05, 0.1) is 10.5 Å². The molecule has 0 aliphatic heterocycles. The smallest absolute Gasteiger partial charge is 0.338 e. The molecule has 0 radical (unpaired) electrons. The fraction of sp³-hybridized carbons (Fsp3) is 0.333. The number of rotatable bonds is 7. The van der Waals surface area contributed by atoms with Gasteiger partial charge in [-0.3, -0.25) is 4.79 Å². The van der Waals surface area contributed by atoms with Gasteiger partial charge in [-0.1, -0.05) is 19.1 Å². The lowest BCUT2D eigenvalue weighted by Gasteiger charge is -2.16. The van der Waals surface area contributed by atoms with E-state index in [0.717, 1.165) is 22.3 Å². The molecule has 2 rings (SSSR count). The van der Waals surface area contributed by atoms with Crippen LogP contribution in [0.4, 0.5) is 0 Å². The summed E-state index contributed by atoms with van der Waals surface area (Å²) < 4.78 is 32.0. The van der Waals surface area contributed by atoms with Crippen LogP contribution in [0, 0.1) is 20.8 Å². The van der Waals surface area contributed by atoms with Crippen molar-refractivity contribution in [2.45, 2.75) is 46.1 Å². The zero-order valence-corrected chi connectivity index (χ0v) is 17.6. The molecule has 0 fully saturated rings. The molecule has 6 nitrogen and oxygen atoms in total. The molecule has 150 valence electrons. The van der Waals surface area contributed by atoms with E-state index in [0.29, 0.717) is 5.56 Å². The molecule has 1 N–H and O–H groups in total. The number of Topliss-reactive ketones (excluding diaryl/α,β-unsaturated/α-hetero) is 1. The lowest BCUT2D eigenvalue weighted by molar-refractivity contribution is 0.0471. The van der Waals surface area contributed by atoms with Crippen LogP contribution >= 0.6 is 0 Å². The highest BCUT2D eigenvalue weighted by Gasteiger charge is 2.18. The maximum absolute atomic E-state index is 12.5. The molecule has 0 unspecified atom stereocenters. The number of ketones is 1. The number of ether oxygens (including phenoxy) is 1. The van der Waals surface area contributed by atoms with E-state index in [1.54, 1.807) is 6.92 Å². The van der Waals surface area contributed by atoms with E-state index < -0.39 is 16.0 Å². The fourth-order valence-electron chi connectivity index (χ4n) is 3.27. The van der Waals surface area contributed by atoms with Crippen molar-refractivity contribution in [2.24, 2.45) is 0 Å². The van der Waals surface area contributed by atoms with Crippen molar-refractivity contribution >= 4 is 21.8 Å². The Bertz CT molecular complexity index is 1030. The number of sulfonamides is 1. The number of benzene rings is 2. The Morgan fingerprint density at radius 1 is 1.07 bits per heavy atom. The molecule has 0 heterocycles. The molecule has 0 aromatic heterocycles. The summed E-state index contributed by atoms with van der Waals surface area (Å²) in [5.41, 5.74) is 4.17. The predicted octanol–water partition coefficient (Wildman–Crippen LogP) is 3.47. The standard InChI is InChI=1S/C21H25NO5S/c1-6-22-28(25,26)18-9-7-8-17(11-18)21(24)27-12-19-13(2)10-14(3)20(15(19)4)16(5)23/h7-11,22H,6,12H2,1-5H3. The van der Waals surface area contributed by atoms with Crippen LogP contribution in [0.5, 0.6) is 0 Å². The van der Waals surface area contributed by atoms with Gasteiger partial charge in [0, 0.05) is 12.1 Å². The Hall–Kier alpha value is -2.51. The average molecular weight is 404 g/mol. The van der Waals surface area contributed by atoms with Crippen molar-refractivity contribution in [1.29, 1.82) is 0 Å². The summed E-state index contributed by atoms with van der Waals surface area (Å²) in [5, 5.41) is 0. The van der Waals surface area contributed by atoms with Gasteiger partial charge in [-0.15, -0.1) is 0 Å². The van der Waals surface area contributed by atoms with Crippen LogP contribution in [0.3, 0.4) is 0 Å². The Morgan fingerprint density at radius 3 is 2.36 bits per heavy atom. The van der Waals surface area contributed by atoms with Crippen LogP contribution in [0.1, 0.15) is 56.8 Å². The van der Waals surface area contributed by atoms with Crippen LogP contribution in [-0.4, -0.2) is 26.7 Å². The first-order chi connectivity index (χ1) is 13.1. The zero-order chi connectivity index (χ0) is 21.1. The summed E-state index contributed by atoms with van der Waals surface area (Å²) >= 11 is 0. The van der Waals surface area contributed by atoms with Gasteiger partial charge in [-0.25, -0.2) is 17.9 Å². The topological polar surface area (TPSA) is 89.5 Å². The first-order valence-electron chi connectivity index (χ1n) is 8.96. The molecule has 0 bridgehead atoms. The van der Waals surface area contributed by atoms with Crippen molar-refractivity contribution in [1.82, 2.24) is 4.72 Å². The minimum atomic E-state index is -3.66. The lowest BCUT2D eigenvalue weighted by atomic mass is 9.92. The molecule has 0 atom stereocenters. The third-order valence-corrected chi connectivity index (χ3v) is 6.09. The van der Waals surface area contributed by atoms with Gasteiger partial charge in [-0.2, -0.15) is 0 Å². The molecule has 0 saturated heterocycles. The van der Waals surface area contributed by atoms with Crippen LogP contribution < -0.4 is 4.72 Å². The van der Waals surface area contributed by atoms with E-state index in [1.165, 1.54) is 31.2 Å². The first kappa shape index (κ1) is 21.8. The number of aryl methyl sites for hydroxylation is 2. The Morgan fingerprint density at radius 2 is 1.75 bits per heavy atom. The van der Waals surface area contributed by atoms with Crippen molar-refractivity contribution in [3.05, 3.63) is 63.7 Å². The van der Waals surface area contributed by atoms with Gasteiger partial charge in [0.15, 0.2) is 5.78 Å². The van der Waals surface area contributed by atoms with Crippen molar-refractivity contribution in [3.8, 4) is 0 Å². The Labute approximate surface area is 166 Å². The molecule has 2 aromatic carbocycles. The maximum Gasteiger partial charge on any atom is 0.338 e. The summed E-state index contributed by atoms with van der Waals surface area (Å²) in [6.07, 6.45) is 0. The molecular weight excluding hydrogens is 378 g/mol. The zero-order valence-electron chi connectivity index (χ0n) is 16.8. The molecule has 0 saturated carbocycles. The third-order valence-electron chi connectivity index (χ3n) is 4.55. The summed E-state index contributed by atoms with van der Waals surface area (Å²) in [7, 11) is -3.66. The normalized spacial score (nSPS) is 11.3. The molecule has 7 heteroatoms. The van der Waals surface area contributed by atoms with Crippen molar-refractivity contribution < 1.29 is 22.7 Å². The van der Waals surface area contributed by atoms with Crippen LogP contribution in [-0.2, 0) is 21.4 Å². The number of hydrogen-bond acceptors (Lipinski definition) is 5. The first-order valence-corrected chi connectivity index (χ1v) is 10.4. The monoisotopic (exact) mass is 403 g/mol. The number of carbonyl (C=O) groups excluding carboxylic acids is 2. The summed E-state index contributed by atoms with van der Waals surface area (Å²) in [6, 6.07) is 7.61. The van der Waals surface area contributed by atoms with E-state index in [2.05, 4.69) is 4.72 Å². The number of esters is 1. The molecule has 28 heavy (non-hydrogen) atoms. The second-order valence-corrected chi connectivity index (χ2v) is 8.42. The minimum Gasteiger partial charge on any atom is -0.457 e. The quantitative estimate of drug-likeness (QED) is 0.565. The summed E-state index contributed by atoms with van der Waals surface area (Å²) in [5.74, 6) is -0.666. The van der Waals surface area contributed by atoms with Gasteiger partial charge in [0.1, 0.15) is 6.61 Å². The SMILES string of the molecule is CCNS(=O)(=O)c1cccc(C(=O)OCc2c(C)cc(C)c(C(C)=O)c2C)c1.